The van der Waals surface area contributed by atoms with Gasteiger partial charge in [-0.1, -0.05) is 51.4 Å². The number of nitrogens with zero attached hydrogens (tertiary/aromatic N) is 1. The van der Waals surface area contributed by atoms with Crippen LogP contribution in [0.4, 0.5) is 0 Å². The van der Waals surface area contributed by atoms with E-state index >= 15 is 0 Å². The molecule has 20 heavy (non-hydrogen) atoms. The molecule has 0 unspecified atom stereocenters. The minimum Gasteiger partial charge on any atom is -0.319 e. The Bertz CT molecular complexity index is 248. The SMILES string of the molecule is CNCC1(CN(C)C2CCCCCC2)CCCCCC1. The van der Waals surface area contributed by atoms with Gasteiger partial charge in [0.05, 0.1) is 0 Å². The van der Waals surface area contributed by atoms with E-state index < -0.39 is 0 Å². The number of hydrogen-bond acceptors (Lipinski definition) is 2. The topological polar surface area (TPSA) is 15.3 Å². The highest BCUT2D eigenvalue weighted by Gasteiger charge is 2.33. The van der Waals surface area contributed by atoms with Crippen molar-refractivity contribution < 1.29 is 0 Å². The Hall–Kier alpha value is -0.0800. The van der Waals surface area contributed by atoms with E-state index in [9.17, 15) is 0 Å². The lowest BCUT2D eigenvalue weighted by Gasteiger charge is -2.39. The first-order chi connectivity index (χ1) is 9.76. The molecular weight excluding hydrogens is 244 g/mol. The van der Waals surface area contributed by atoms with E-state index in [0.717, 1.165) is 6.04 Å². The fraction of sp³-hybridized carbons (Fsp3) is 1.00. The summed E-state index contributed by atoms with van der Waals surface area (Å²) in [6.07, 6.45) is 17.4. The first-order valence-electron chi connectivity index (χ1n) is 9.11. The molecule has 0 spiro atoms. The van der Waals surface area contributed by atoms with E-state index in [1.165, 1.54) is 90.1 Å². The van der Waals surface area contributed by atoms with E-state index in [-0.39, 0.29) is 0 Å². The van der Waals surface area contributed by atoms with Gasteiger partial charge in [-0.05, 0) is 45.2 Å². The molecule has 1 N–H and O–H groups in total. The fourth-order valence-electron chi connectivity index (χ4n) is 4.60. The summed E-state index contributed by atoms with van der Waals surface area (Å²) in [5.41, 5.74) is 0.548. The van der Waals surface area contributed by atoms with Crippen LogP contribution >= 0.6 is 0 Å². The van der Waals surface area contributed by atoms with E-state index in [1.54, 1.807) is 0 Å². The van der Waals surface area contributed by atoms with E-state index in [1.807, 2.05) is 0 Å². The lowest BCUT2D eigenvalue weighted by atomic mass is 9.79. The minimum atomic E-state index is 0.548. The molecule has 0 aliphatic heterocycles. The molecular formula is C18H36N2. The molecule has 0 amide bonds. The van der Waals surface area contributed by atoms with Gasteiger partial charge in [-0.2, -0.15) is 0 Å². The van der Waals surface area contributed by atoms with Crippen LogP contribution in [0.15, 0.2) is 0 Å². The van der Waals surface area contributed by atoms with E-state index in [2.05, 4.69) is 24.3 Å². The number of rotatable bonds is 5. The van der Waals surface area contributed by atoms with E-state index in [4.69, 9.17) is 0 Å². The van der Waals surface area contributed by atoms with Gasteiger partial charge in [0.25, 0.3) is 0 Å². The fourth-order valence-corrected chi connectivity index (χ4v) is 4.60. The second kappa shape index (κ2) is 8.38. The smallest absolute Gasteiger partial charge is 0.00924 e. The van der Waals surface area contributed by atoms with Crippen LogP contribution in [0.3, 0.4) is 0 Å². The Morgan fingerprint density at radius 3 is 2.00 bits per heavy atom. The molecule has 0 atom stereocenters. The number of nitrogens with one attached hydrogen (secondary N) is 1. The van der Waals surface area contributed by atoms with E-state index in [0.29, 0.717) is 5.41 Å². The Morgan fingerprint density at radius 2 is 1.45 bits per heavy atom. The zero-order chi connectivity index (χ0) is 14.3. The van der Waals surface area contributed by atoms with Crippen LogP contribution < -0.4 is 5.32 Å². The van der Waals surface area contributed by atoms with Gasteiger partial charge in [-0.3, -0.25) is 0 Å². The molecule has 0 aromatic carbocycles. The maximum atomic E-state index is 3.50. The van der Waals surface area contributed by atoms with Crippen molar-refractivity contribution in [3.8, 4) is 0 Å². The van der Waals surface area contributed by atoms with Crippen LogP contribution in [-0.2, 0) is 0 Å². The predicted molar refractivity (Wildman–Crippen MR) is 88.2 cm³/mol. The largest absolute Gasteiger partial charge is 0.319 e. The van der Waals surface area contributed by atoms with Crippen molar-refractivity contribution in [3.63, 3.8) is 0 Å². The van der Waals surface area contributed by atoms with Gasteiger partial charge in [-0.15, -0.1) is 0 Å². The van der Waals surface area contributed by atoms with Crippen LogP contribution in [0, 0.1) is 5.41 Å². The van der Waals surface area contributed by atoms with Crippen molar-refractivity contribution in [2.45, 2.75) is 83.1 Å². The van der Waals surface area contributed by atoms with Gasteiger partial charge >= 0.3 is 0 Å². The third-order valence-corrected chi connectivity index (χ3v) is 5.75. The van der Waals surface area contributed by atoms with Gasteiger partial charge in [-0.25, -0.2) is 0 Å². The molecule has 0 saturated heterocycles. The van der Waals surface area contributed by atoms with Crippen LogP contribution in [-0.4, -0.2) is 38.1 Å². The summed E-state index contributed by atoms with van der Waals surface area (Å²) >= 11 is 0. The molecule has 2 aliphatic rings. The second-order valence-electron chi connectivity index (χ2n) is 7.51. The molecule has 118 valence electrons. The van der Waals surface area contributed by atoms with Crippen LogP contribution in [0.25, 0.3) is 0 Å². The van der Waals surface area contributed by atoms with Gasteiger partial charge in [0.1, 0.15) is 0 Å². The Labute approximate surface area is 126 Å². The summed E-state index contributed by atoms with van der Waals surface area (Å²) < 4.78 is 0. The Morgan fingerprint density at radius 1 is 0.900 bits per heavy atom. The van der Waals surface area contributed by atoms with Gasteiger partial charge < -0.3 is 10.2 Å². The molecule has 2 saturated carbocycles. The maximum Gasteiger partial charge on any atom is 0.00924 e. The molecule has 0 radical (unpaired) electrons. The average molecular weight is 280 g/mol. The van der Waals surface area contributed by atoms with Crippen molar-refractivity contribution in [1.29, 1.82) is 0 Å². The average Bonchev–Trinajstić information content (AvgIpc) is 2.82. The van der Waals surface area contributed by atoms with Crippen molar-refractivity contribution in [1.82, 2.24) is 10.2 Å². The van der Waals surface area contributed by atoms with Crippen LogP contribution in [0.5, 0.6) is 0 Å². The second-order valence-corrected chi connectivity index (χ2v) is 7.51. The highest BCUT2D eigenvalue weighted by atomic mass is 15.1. The van der Waals surface area contributed by atoms with Gasteiger partial charge in [0.2, 0.25) is 0 Å². The molecule has 0 aromatic heterocycles. The third-order valence-electron chi connectivity index (χ3n) is 5.75. The molecule has 2 rings (SSSR count). The minimum absolute atomic E-state index is 0.548. The molecule has 2 aliphatic carbocycles. The highest BCUT2D eigenvalue weighted by Crippen LogP contribution is 2.36. The van der Waals surface area contributed by atoms with Crippen molar-refractivity contribution in [2.24, 2.45) is 5.41 Å². The highest BCUT2D eigenvalue weighted by molar-refractivity contribution is 4.88. The zero-order valence-electron chi connectivity index (χ0n) is 13.9. The first kappa shape index (κ1) is 16.3. The lowest BCUT2D eigenvalue weighted by Crippen LogP contribution is -2.45. The standard InChI is InChI=1S/C18H36N2/c1-19-15-18(13-9-5-6-10-14-18)16-20(2)17-11-7-3-4-8-12-17/h17,19H,3-16H2,1-2H3. The molecule has 0 heterocycles. The summed E-state index contributed by atoms with van der Waals surface area (Å²) in [4.78, 5) is 2.73. The molecule has 2 nitrogen and oxygen atoms in total. The normalized spacial score (nSPS) is 25.4. The number of hydrogen-bond donors (Lipinski definition) is 1. The van der Waals surface area contributed by atoms with Crippen molar-refractivity contribution >= 4 is 0 Å². The molecule has 2 fully saturated rings. The van der Waals surface area contributed by atoms with Crippen molar-refractivity contribution in [3.05, 3.63) is 0 Å². The summed E-state index contributed by atoms with van der Waals surface area (Å²) in [6.45, 7) is 2.53. The van der Waals surface area contributed by atoms with Gasteiger partial charge in [0, 0.05) is 19.1 Å². The summed E-state index contributed by atoms with van der Waals surface area (Å²) in [7, 11) is 4.54. The Balaban J connectivity index is 1.94. The summed E-state index contributed by atoms with van der Waals surface area (Å²) in [5.74, 6) is 0. The third kappa shape index (κ3) is 4.73. The first-order valence-corrected chi connectivity index (χ1v) is 9.11. The van der Waals surface area contributed by atoms with Crippen molar-refractivity contribution in [2.75, 3.05) is 27.2 Å². The van der Waals surface area contributed by atoms with Gasteiger partial charge in [0.15, 0.2) is 0 Å². The lowest BCUT2D eigenvalue weighted by molar-refractivity contribution is 0.109. The quantitative estimate of drug-likeness (QED) is 0.759. The monoisotopic (exact) mass is 280 g/mol. The maximum absolute atomic E-state index is 3.50. The molecule has 2 heteroatoms. The molecule has 0 bridgehead atoms. The predicted octanol–water partition coefficient (Wildman–Crippen LogP) is 4.20. The summed E-state index contributed by atoms with van der Waals surface area (Å²) in [5, 5.41) is 3.50. The zero-order valence-corrected chi connectivity index (χ0v) is 13.9. The Kier molecular flexibility index (Phi) is 6.83. The molecule has 0 aromatic rings. The summed E-state index contributed by atoms with van der Waals surface area (Å²) in [6, 6.07) is 0.856. The van der Waals surface area contributed by atoms with Crippen LogP contribution in [0.2, 0.25) is 0 Å². The van der Waals surface area contributed by atoms with Crippen LogP contribution in [0.1, 0.15) is 77.0 Å².